The molecule has 2 aromatic heterocycles. The van der Waals surface area contributed by atoms with Crippen LogP contribution in [0.25, 0.3) is 20.2 Å². The van der Waals surface area contributed by atoms with Gasteiger partial charge in [0.05, 0.1) is 0 Å². The monoisotopic (exact) mass is 342 g/mol. The molecule has 0 bridgehead atoms. The quantitative estimate of drug-likeness (QED) is 0.302. The van der Waals surface area contributed by atoms with E-state index in [0.717, 1.165) is 0 Å². The van der Waals surface area contributed by atoms with Crippen molar-refractivity contribution in [1.29, 1.82) is 0 Å². The van der Waals surface area contributed by atoms with Crippen LogP contribution >= 0.6 is 22.7 Å². The lowest BCUT2D eigenvalue weighted by atomic mass is 10.2. The van der Waals surface area contributed by atoms with Gasteiger partial charge in [0, 0.05) is 9.40 Å². The Morgan fingerprint density at radius 3 is 1.91 bits per heavy atom. The number of rotatable bonds is 0. The van der Waals surface area contributed by atoms with Crippen LogP contribution in [-0.2, 0) is 0 Å². The van der Waals surface area contributed by atoms with E-state index < -0.39 is 0 Å². The van der Waals surface area contributed by atoms with Crippen molar-refractivity contribution in [1.82, 2.24) is 0 Å². The molecule has 23 heavy (non-hydrogen) atoms. The Bertz CT molecular complexity index is 763. The first-order valence-electron chi connectivity index (χ1n) is 8.20. The van der Waals surface area contributed by atoms with E-state index >= 15 is 0 Å². The van der Waals surface area contributed by atoms with Crippen molar-refractivity contribution in [2.45, 2.75) is 34.6 Å². The minimum Gasteiger partial charge on any atom is -0.144 e. The van der Waals surface area contributed by atoms with Gasteiger partial charge in [-0.2, -0.15) is 0 Å². The third-order valence-corrected chi connectivity index (χ3v) is 5.02. The molecule has 0 spiro atoms. The summed E-state index contributed by atoms with van der Waals surface area (Å²) in [7, 11) is 0. The Morgan fingerprint density at radius 1 is 0.652 bits per heavy atom. The Labute approximate surface area is 148 Å². The van der Waals surface area contributed by atoms with E-state index in [9.17, 15) is 0 Å². The fourth-order valence-electron chi connectivity index (χ4n) is 2.02. The molecule has 0 fully saturated rings. The molecule has 0 saturated carbocycles. The topological polar surface area (TPSA) is 0 Å². The molecule has 4 rings (SSSR count). The van der Waals surface area contributed by atoms with Crippen molar-refractivity contribution >= 4 is 42.8 Å². The minimum atomic E-state index is 1.35. The average molecular weight is 343 g/mol. The average Bonchev–Trinajstić information content (AvgIpc) is 3.26. The van der Waals surface area contributed by atoms with Crippen LogP contribution < -0.4 is 0 Å². The van der Waals surface area contributed by atoms with Crippen molar-refractivity contribution in [2.24, 2.45) is 0 Å². The third kappa shape index (κ3) is 5.49. The predicted octanol–water partition coefficient (Wildman–Crippen LogP) is 8.16. The van der Waals surface area contributed by atoms with Gasteiger partial charge in [0.15, 0.2) is 0 Å². The molecule has 122 valence electrons. The molecule has 0 nitrogen and oxygen atoms in total. The summed E-state index contributed by atoms with van der Waals surface area (Å²) in [6.45, 7) is 10.2. The van der Waals surface area contributed by atoms with E-state index in [4.69, 9.17) is 0 Å². The summed E-state index contributed by atoms with van der Waals surface area (Å²) in [6, 6.07) is 19.0. The van der Waals surface area contributed by atoms with E-state index in [1.807, 2.05) is 39.0 Å². The van der Waals surface area contributed by atoms with Gasteiger partial charge >= 0.3 is 0 Å². The normalized spacial score (nSPS) is 9.09. The zero-order valence-electron chi connectivity index (χ0n) is 14.7. The molecule has 0 radical (unpaired) electrons. The highest BCUT2D eigenvalue weighted by molar-refractivity contribution is 7.17. The summed E-state index contributed by atoms with van der Waals surface area (Å²) in [5, 5.41) is 7.06. The second kappa shape index (κ2) is 11.0. The molecule has 0 aliphatic carbocycles. The summed E-state index contributed by atoms with van der Waals surface area (Å²) in [6.07, 6.45) is 0. The van der Waals surface area contributed by atoms with Gasteiger partial charge in [-0.25, -0.2) is 0 Å². The summed E-state index contributed by atoms with van der Waals surface area (Å²) >= 11 is 3.60. The van der Waals surface area contributed by atoms with E-state index in [1.165, 1.54) is 25.7 Å². The molecule has 0 saturated heterocycles. The lowest BCUT2D eigenvalue weighted by Crippen LogP contribution is -1.63. The van der Waals surface area contributed by atoms with Crippen LogP contribution in [0, 0.1) is 6.92 Å². The lowest BCUT2D eigenvalue weighted by Gasteiger charge is -1.86. The van der Waals surface area contributed by atoms with Gasteiger partial charge in [0.2, 0.25) is 0 Å². The van der Waals surface area contributed by atoms with Crippen LogP contribution in [0.3, 0.4) is 0 Å². The number of hydrogen-bond donors (Lipinski definition) is 0. The molecule has 2 aromatic carbocycles. The van der Waals surface area contributed by atoms with E-state index in [1.54, 1.807) is 11.3 Å². The molecule has 4 aromatic rings. The van der Waals surface area contributed by atoms with Crippen molar-refractivity contribution in [3.05, 3.63) is 70.9 Å². The van der Waals surface area contributed by atoms with Gasteiger partial charge in [-0.05, 0) is 52.2 Å². The number of thiophene rings is 2. The minimum absolute atomic E-state index is 1.35. The molecule has 2 heteroatoms. The molecule has 0 N–H and O–H groups in total. The Morgan fingerprint density at radius 2 is 1.26 bits per heavy atom. The highest BCUT2D eigenvalue weighted by atomic mass is 32.1. The fraction of sp³-hybridized carbons (Fsp3) is 0.238. The highest BCUT2D eigenvalue weighted by Crippen LogP contribution is 2.24. The van der Waals surface area contributed by atoms with Crippen LogP contribution in [0.1, 0.15) is 33.3 Å². The van der Waals surface area contributed by atoms with Crippen molar-refractivity contribution in [3.63, 3.8) is 0 Å². The molecule has 2 heterocycles. The standard InChI is InChI=1S/C9H8S.C8H6S.2C2H6/c1-7-6-10-9-5-3-2-4-8(7)9;1-2-4-8-7(3-1)5-6-9-8;2*1-2/h2-6H,1H3;1-6H;2*1-2H3. The van der Waals surface area contributed by atoms with Gasteiger partial charge in [-0.15, -0.1) is 22.7 Å². The largest absolute Gasteiger partial charge is 0.144 e. The van der Waals surface area contributed by atoms with Gasteiger partial charge in [0.1, 0.15) is 0 Å². The highest BCUT2D eigenvalue weighted by Gasteiger charge is 1.95. The zero-order valence-corrected chi connectivity index (χ0v) is 16.3. The maximum atomic E-state index is 2.20. The second-order valence-corrected chi connectivity index (χ2v) is 6.23. The number of fused-ring (bicyclic) bond motifs is 2. The first-order chi connectivity index (χ1) is 11.3. The number of aryl methyl sites for hydroxylation is 1. The van der Waals surface area contributed by atoms with E-state index in [2.05, 4.69) is 72.3 Å². The smallest absolute Gasteiger partial charge is 0.0345 e. The van der Waals surface area contributed by atoms with Crippen molar-refractivity contribution in [3.8, 4) is 0 Å². The second-order valence-electron chi connectivity index (χ2n) is 4.37. The zero-order chi connectivity index (χ0) is 17.1. The molecule has 0 atom stereocenters. The van der Waals surface area contributed by atoms with Gasteiger partial charge in [-0.1, -0.05) is 64.1 Å². The van der Waals surface area contributed by atoms with Crippen LogP contribution in [-0.4, -0.2) is 0 Å². The fourth-order valence-corrected chi connectivity index (χ4v) is 3.75. The van der Waals surface area contributed by atoms with Crippen molar-refractivity contribution in [2.75, 3.05) is 0 Å². The lowest BCUT2D eigenvalue weighted by molar-refractivity contribution is 1.50. The van der Waals surface area contributed by atoms with E-state index in [-0.39, 0.29) is 0 Å². The number of hydrogen-bond acceptors (Lipinski definition) is 2. The first kappa shape index (κ1) is 19.4. The predicted molar refractivity (Wildman–Crippen MR) is 111 cm³/mol. The maximum absolute atomic E-state index is 2.20. The van der Waals surface area contributed by atoms with Crippen LogP contribution in [0.15, 0.2) is 65.4 Å². The summed E-state index contributed by atoms with van der Waals surface area (Å²) < 4.78 is 2.76. The number of benzene rings is 2. The van der Waals surface area contributed by atoms with E-state index in [0.29, 0.717) is 0 Å². The molecule has 0 aliphatic heterocycles. The summed E-state index contributed by atoms with van der Waals surface area (Å²) in [4.78, 5) is 0. The molecular formula is C21H26S2. The molecular weight excluding hydrogens is 316 g/mol. The van der Waals surface area contributed by atoms with Gasteiger partial charge < -0.3 is 0 Å². The summed E-state index contributed by atoms with van der Waals surface area (Å²) in [5.74, 6) is 0. The van der Waals surface area contributed by atoms with Crippen molar-refractivity contribution < 1.29 is 0 Å². The van der Waals surface area contributed by atoms with Crippen LogP contribution in [0.2, 0.25) is 0 Å². The van der Waals surface area contributed by atoms with Crippen LogP contribution in [0.5, 0.6) is 0 Å². The van der Waals surface area contributed by atoms with Crippen LogP contribution in [0.4, 0.5) is 0 Å². The Kier molecular flexibility index (Phi) is 9.27. The first-order valence-corrected chi connectivity index (χ1v) is 9.95. The Balaban J connectivity index is 0.000000190. The van der Waals surface area contributed by atoms with Gasteiger partial charge in [0.25, 0.3) is 0 Å². The Hall–Kier alpha value is -1.64. The molecule has 0 aliphatic rings. The molecule has 0 unspecified atom stereocenters. The van der Waals surface area contributed by atoms with Gasteiger partial charge in [-0.3, -0.25) is 0 Å². The summed E-state index contributed by atoms with van der Waals surface area (Å²) in [5.41, 5.74) is 1.39. The third-order valence-electron chi connectivity index (χ3n) is 3.04. The molecule has 0 amide bonds. The maximum Gasteiger partial charge on any atom is 0.0345 e. The SMILES string of the molecule is CC.CC.Cc1csc2ccccc12.c1ccc2sccc2c1.